The van der Waals surface area contributed by atoms with Gasteiger partial charge in [0.1, 0.15) is 6.61 Å². The van der Waals surface area contributed by atoms with Gasteiger partial charge in [-0.2, -0.15) is 0 Å². The lowest BCUT2D eigenvalue weighted by Crippen LogP contribution is -2.30. The summed E-state index contributed by atoms with van der Waals surface area (Å²) in [7, 11) is 0. The molecule has 0 spiro atoms. The van der Waals surface area contributed by atoms with Crippen molar-refractivity contribution in [3.8, 4) is 23.0 Å². The van der Waals surface area contributed by atoms with Crippen molar-refractivity contribution in [2.75, 3.05) is 32.9 Å². The Bertz CT molecular complexity index is 995. The number of fused-ring (bicyclic) bond motifs is 3. The molecule has 1 aliphatic carbocycles. The van der Waals surface area contributed by atoms with E-state index in [4.69, 9.17) is 14.6 Å². The Morgan fingerprint density at radius 1 is 0.938 bits per heavy atom. The number of alkyl carbamates (subject to hydrolysis) is 1. The molecule has 0 atom stereocenters. The minimum atomic E-state index is -1.24. The second-order valence-electron chi connectivity index (χ2n) is 7.00. The molecule has 3 N–H and O–H groups in total. The first kappa shape index (κ1) is 22.8. The molecular formula is C24H24N2O6. The van der Waals surface area contributed by atoms with Crippen molar-refractivity contribution in [2.45, 2.75) is 12.3 Å². The molecule has 0 saturated heterocycles. The lowest BCUT2D eigenvalue weighted by molar-refractivity contribution is -0.130. The summed E-state index contributed by atoms with van der Waals surface area (Å²) in [5, 5.41) is 13.5. The van der Waals surface area contributed by atoms with Gasteiger partial charge < -0.3 is 25.2 Å². The van der Waals surface area contributed by atoms with Crippen molar-refractivity contribution in [1.29, 1.82) is 0 Å². The molecule has 2 aromatic carbocycles. The number of nitrogens with one attached hydrogen (secondary N) is 2. The Hall–Kier alpha value is -3.83. The van der Waals surface area contributed by atoms with E-state index in [1.165, 1.54) is 11.1 Å². The Morgan fingerprint density at radius 2 is 1.59 bits per heavy atom. The van der Waals surface area contributed by atoms with Crippen molar-refractivity contribution in [3.63, 3.8) is 0 Å². The van der Waals surface area contributed by atoms with Crippen LogP contribution in [0.15, 0.2) is 48.5 Å². The standard InChI is InChI=1S/C24H24N2O6/c27-22(25-12-5-10-23(28)29)11-14-31-15-13-26-24(30)32-16-21-19-8-3-1-6-17(19)18-7-2-4-9-20(18)21/h1-4,6-9,21H,11-16H2,(H,25,27)(H,26,30)(H,28,29). The van der Waals surface area contributed by atoms with Gasteiger partial charge in [-0.05, 0) is 22.3 Å². The van der Waals surface area contributed by atoms with E-state index in [2.05, 4.69) is 40.8 Å². The molecule has 0 fully saturated rings. The maximum Gasteiger partial charge on any atom is 0.407 e. The van der Waals surface area contributed by atoms with Crippen LogP contribution in [-0.4, -0.2) is 56.0 Å². The van der Waals surface area contributed by atoms with Crippen molar-refractivity contribution in [1.82, 2.24) is 10.6 Å². The second-order valence-corrected chi connectivity index (χ2v) is 7.00. The zero-order valence-electron chi connectivity index (χ0n) is 17.4. The molecule has 0 saturated carbocycles. The highest BCUT2D eigenvalue weighted by Gasteiger charge is 2.28. The van der Waals surface area contributed by atoms with Crippen LogP contribution in [0.1, 0.15) is 23.5 Å². The molecule has 0 heterocycles. The number of hydrogen-bond acceptors (Lipinski definition) is 5. The van der Waals surface area contributed by atoms with Crippen molar-refractivity contribution in [2.24, 2.45) is 0 Å². The third-order valence-electron chi connectivity index (χ3n) is 4.90. The number of carbonyl (C=O) groups is 3. The summed E-state index contributed by atoms with van der Waals surface area (Å²) in [4.78, 5) is 33.8. The van der Waals surface area contributed by atoms with Gasteiger partial charge in [-0.15, -0.1) is 0 Å². The van der Waals surface area contributed by atoms with E-state index >= 15 is 0 Å². The summed E-state index contributed by atoms with van der Waals surface area (Å²) in [6.07, 6.45) is -0.412. The molecule has 1 aliphatic rings. The van der Waals surface area contributed by atoms with Crippen molar-refractivity contribution in [3.05, 3.63) is 59.7 Å². The van der Waals surface area contributed by atoms with Gasteiger partial charge in [0.2, 0.25) is 5.91 Å². The Balaban J connectivity index is 1.32. The quantitative estimate of drug-likeness (QED) is 0.410. The van der Waals surface area contributed by atoms with Crippen LogP contribution in [0.5, 0.6) is 0 Å². The maximum absolute atomic E-state index is 12.1. The number of rotatable bonds is 9. The van der Waals surface area contributed by atoms with Crippen LogP contribution in [0.25, 0.3) is 11.1 Å². The highest BCUT2D eigenvalue weighted by Crippen LogP contribution is 2.44. The summed E-state index contributed by atoms with van der Waals surface area (Å²) in [6.45, 7) is 0.864. The van der Waals surface area contributed by atoms with Gasteiger partial charge in [0.15, 0.2) is 0 Å². The topological polar surface area (TPSA) is 114 Å². The SMILES string of the molecule is O=C(O)C#CCNC(=O)CCOCCNC(=O)OCC1c2ccccc2-c2ccccc21. The number of benzene rings is 2. The zero-order valence-corrected chi connectivity index (χ0v) is 17.4. The van der Waals surface area contributed by atoms with E-state index < -0.39 is 12.1 Å². The van der Waals surface area contributed by atoms with Crippen LogP contribution in [0.2, 0.25) is 0 Å². The predicted octanol–water partition coefficient (Wildman–Crippen LogP) is 2.14. The van der Waals surface area contributed by atoms with Crippen LogP contribution in [0.3, 0.4) is 0 Å². The van der Waals surface area contributed by atoms with Gasteiger partial charge in [-0.3, -0.25) is 4.79 Å². The zero-order chi connectivity index (χ0) is 22.8. The molecule has 32 heavy (non-hydrogen) atoms. The van der Waals surface area contributed by atoms with Gasteiger partial charge in [-0.1, -0.05) is 54.5 Å². The van der Waals surface area contributed by atoms with Crippen LogP contribution in [0, 0.1) is 11.8 Å². The number of carboxylic acids is 1. The third-order valence-corrected chi connectivity index (χ3v) is 4.90. The molecule has 0 unspecified atom stereocenters. The molecular weight excluding hydrogens is 412 g/mol. The molecule has 8 heteroatoms. The van der Waals surface area contributed by atoms with Crippen molar-refractivity contribution < 1.29 is 29.0 Å². The summed E-state index contributed by atoms with van der Waals surface area (Å²) < 4.78 is 10.7. The average Bonchev–Trinajstić information content (AvgIpc) is 3.11. The fraction of sp³-hybridized carbons (Fsp3) is 0.292. The monoisotopic (exact) mass is 436 g/mol. The molecule has 2 amide bonds. The fourth-order valence-electron chi connectivity index (χ4n) is 3.49. The third kappa shape index (κ3) is 6.33. The number of carboxylic acid groups (broad SMARTS) is 1. The summed E-state index contributed by atoms with van der Waals surface area (Å²) in [6, 6.07) is 16.3. The Kier molecular flexibility index (Phi) is 8.23. The molecule has 166 valence electrons. The molecule has 8 nitrogen and oxygen atoms in total. The highest BCUT2D eigenvalue weighted by molar-refractivity contribution is 5.86. The molecule has 2 aromatic rings. The van der Waals surface area contributed by atoms with Crippen LogP contribution in [0.4, 0.5) is 4.79 Å². The highest BCUT2D eigenvalue weighted by atomic mass is 16.5. The van der Waals surface area contributed by atoms with Crippen LogP contribution in [-0.2, 0) is 19.1 Å². The van der Waals surface area contributed by atoms with Crippen LogP contribution >= 0.6 is 0 Å². The number of hydrogen-bond donors (Lipinski definition) is 3. The minimum Gasteiger partial charge on any atom is -0.472 e. The lowest BCUT2D eigenvalue weighted by atomic mass is 9.98. The van der Waals surface area contributed by atoms with Gasteiger partial charge in [-0.25, -0.2) is 9.59 Å². The molecule has 0 bridgehead atoms. The minimum absolute atomic E-state index is 0.00287. The van der Waals surface area contributed by atoms with Gasteiger partial charge in [0.05, 0.1) is 19.8 Å². The van der Waals surface area contributed by atoms with Gasteiger partial charge in [0.25, 0.3) is 0 Å². The van der Waals surface area contributed by atoms with Gasteiger partial charge >= 0.3 is 12.1 Å². The Morgan fingerprint density at radius 3 is 2.25 bits per heavy atom. The molecule has 0 aliphatic heterocycles. The molecule has 0 aromatic heterocycles. The van der Waals surface area contributed by atoms with E-state index in [1.807, 2.05) is 30.2 Å². The normalized spacial score (nSPS) is 11.5. The summed E-state index contributed by atoms with van der Waals surface area (Å²) >= 11 is 0. The smallest absolute Gasteiger partial charge is 0.407 e. The second kappa shape index (κ2) is 11.5. The van der Waals surface area contributed by atoms with E-state index in [-0.39, 0.29) is 51.2 Å². The molecule has 3 rings (SSSR count). The number of carbonyl (C=O) groups excluding carboxylic acids is 2. The number of amides is 2. The fourth-order valence-corrected chi connectivity index (χ4v) is 3.49. The predicted molar refractivity (Wildman–Crippen MR) is 117 cm³/mol. The first-order chi connectivity index (χ1) is 15.6. The summed E-state index contributed by atoms with van der Waals surface area (Å²) in [5.74, 6) is 2.66. The number of aliphatic carboxylic acids is 1. The van der Waals surface area contributed by atoms with Crippen LogP contribution < -0.4 is 10.6 Å². The van der Waals surface area contributed by atoms with E-state index in [1.54, 1.807) is 0 Å². The van der Waals surface area contributed by atoms with Crippen molar-refractivity contribution >= 4 is 18.0 Å². The molecule has 0 radical (unpaired) electrons. The van der Waals surface area contributed by atoms with Gasteiger partial charge in [0, 0.05) is 24.8 Å². The van der Waals surface area contributed by atoms with E-state index in [0.29, 0.717) is 0 Å². The van der Waals surface area contributed by atoms with E-state index in [0.717, 1.165) is 11.1 Å². The lowest BCUT2D eigenvalue weighted by Gasteiger charge is -2.14. The summed E-state index contributed by atoms with van der Waals surface area (Å²) in [5.41, 5.74) is 4.64. The first-order valence-electron chi connectivity index (χ1n) is 10.2. The largest absolute Gasteiger partial charge is 0.472 e. The Labute approximate surface area is 185 Å². The van der Waals surface area contributed by atoms with E-state index in [9.17, 15) is 14.4 Å². The first-order valence-corrected chi connectivity index (χ1v) is 10.2. The maximum atomic E-state index is 12.1. The number of ether oxygens (including phenoxy) is 2. The average molecular weight is 436 g/mol.